The molecule has 10 heteroatoms. The fourth-order valence-corrected chi connectivity index (χ4v) is 4.30. The van der Waals surface area contributed by atoms with Crippen LogP contribution in [0.25, 0.3) is 17.1 Å². The summed E-state index contributed by atoms with van der Waals surface area (Å²) < 4.78 is 18.0. The van der Waals surface area contributed by atoms with Crippen LogP contribution in [0.3, 0.4) is 0 Å². The molecule has 0 aliphatic rings. The van der Waals surface area contributed by atoms with E-state index in [1.165, 1.54) is 18.0 Å². The van der Waals surface area contributed by atoms with Crippen molar-refractivity contribution in [2.75, 3.05) is 27.1 Å². The number of hydrazone groups is 1. The molecule has 190 valence electrons. The van der Waals surface area contributed by atoms with E-state index in [9.17, 15) is 4.79 Å². The number of amides is 1. The average molecular weight is 518 g/mol. The number of aryl methyl sites for hydroxylation is 1. The van der Waals surface area contributed by atoms with Crippen molar-refractivity contribution in [2.24, 2.45) is 5.10 Å². The zero-order chi connectivity index (χ0) is 26.2. The number of methoxy groups -OCH3 is 3. The number of hydrogen-bond acceptors (Lipinski definition) is 8. The minimum absolute atomic E-state index is 0.0964. The molecule has 0 radical (unpaired) electrons. The molecule has 1 amide bonds. The van der Waals surface area contributed by atoms with E-state index in [-0.39, 0.29) is 11.7 Å². The van der Waals surface area contributed by atoms with Gasteiger partial charge in [-0.05, 0) is 25.1 Å². The number of nitrogens with one attached hydrogen (secondary N) is 1. The molecule has 0 aliphatic heterocycles. The second-order valence-corrected chi connectivity index (χ2v) is 8.82. The molecule has 0 bridgehead atoms. The lowest BCUT2D eigenvalue weighted by atomic mass is 10.2. The Morgan fingerprint density at radius 2 is 1.62 bits per heavy atom. The summed E-state index contributed by atoms with van der Waals surface area (Å²) in [7, 11) is 4.63. The fourth-order valence-electron chi connectivity index (χ4n) is 3.55. The summed E-state index contributed by atoms with van der Waals surface area (Å²) in [5, 5.41) is 13.5. The van der Waals surface area contributed by atoms with Crippen LogP contribution in [0.4, 0.5) is 0 Å². The Morgan fingerprint density at radius 1 is 0.946 bits per heavy atom. The van der Waals surface area contributed by atoms with Gasteiger partial charge in [-0.1, -0.05) is 59.8 Å². The lowest BCUT2D eigenvalue weighted by molar-refractivity contribution is -0.118. The van der Waals surface area contributed by atoms with Crippen molar-refractivity contribution in [3.63, 3.8) is 0 Å². The van der Waals surface area contributed by atoms with Crippen LogP contribution in [0.1, 0.15) is 11.1 Å². The summed E-state index contributed by atoms with van der Waals surface area (Å²) in [6, 6.07) is 21.3. The lowest BCUT2D eigenvalue weighted by Gasteiger charge is -2.11. The summed E-state index contributed by atoms with van der Waals surface area (Å²) in [5.74, 6) is 2.09. The van der Waals surface area contributed by atoms with Gasteiger partial charge in [-0.2, -0.15) is 5.10 Å². The fraction of sp³-hybridized carbons (Fsp3) is 0.185. The Morgan fingerprint density at radius 3 is 2.30 bits per heavy atom. The van der Waals surface area contributed by atoms with Gasteiger partial charge < -0.3 is 14.2 Å². The van der Waals surface area contributed by atoms with Gasteiger partial charge >= 0.3 is 0 Å². The predicted octanol–water partition coefficient (Wildman–Crippen LogP) is 4.51. The maximum absolute atomic E-state index is 12.6. The van der Waals surface area contributed by atoms with Crippen molar-refractivity contribution in [1.29, 1.82) is 0 Å². The minimum atomic E-state index is -0.291. The molecule has 9 nitrogen and oxygen atoms in total. The number of ether oxygens (including phenoxy) is 3. The van der Waals surface area contributed by atoms with Crippen LogP contribution in [0.2, 0.25) is 0 Å². The first-order chi connectivity index (χ1) is 18.0. The number of benzene rings is 3. The van der Waals surface area contributed by atoms with Gasteiger partial charge in [0.05, 0.1) is 33.3 Å². The van der Waals surface area contributed by atoms with Gasteiger partial charge in [-0.15, -0.1) is 10.2 Å². The largest absolute Gasteiger partial charge is 0.496 e. The SMILES string of the molecule is COc1cc(OC)c(OC)cc1/C=N/NC(=O)CSc1nnc(-c2ccccc2)n1-c1ccc(C)cc1. The summed E-state index contributed by atoms with van der Waals surface area (Å²) in [6.07, 6.45) is 1.49. The topological polar surface area (TPSA) is 99.9 Å². The van der Waals surface area contributed by atoms with Gasteiger partial charge in [-0.3, -0.25) is 9.36 Å². The molecular formula is C27H27N5O4S. The molecule has 1 aromatic heterocycles. The molecule has 0 aliphatic carbocycles. The quantitative estimate of drug-likeness (QED) is 0.188. The van der Waals surface area contributed by atoms with Gasteiger partial charge in [-0.25, -0.2) is 5.43 Å². The van der Waals surface area contributed by atoms with Crippen LogP contribution >= 0.6 is 11.8 Å². The highest BCUT2D eigenvalue weighted by Crippen LogP contribution is 2.33. The van der Waals surface area contributed by atoms with Crippen molar-refractivity contribution >= 4 is 23.9 Å². The van der Waals surface area contributed by atoms with E-state index >= 15 is 0 Å². The van der Waals surface area contributed by atoms with E-state index in [2.05, 4.69) is 20.7 Å². The summed E-state index contributed by atoms with van der Waals surface area (Å²) in [6.45, 7) is 2.03. The van der Waals surface area contributed by atoms with Crippen LogP contribution < -0.4 is 19.6 Å². The van der Waals surface area contributed by atoms with Crippen LogP contribution in [-0.4, -0.2) is 54.0 Å². The Labute approximate surface area is 219 Å². The summed E-state index contributed by atoms with van der Waals surface area (Å²) in [4.78, 5) is 12.6. The molecule has 0 unspecified atom stereocenters. The number of thioether (sulfide) groups is 1. The average Bonchev–Trinajstić information content (AvgIpc) is 3.36. The third-order valence-electron chi connectivity index (χ3n) is 5.42. The highest BCUT2D eigenvalue weighted by molar-refractivity contribution is 7.99. The number of carbonyl (C=O) groups excluding carboxylic acids is 1. The Hall–Kier alpha value is -4.31. The van der Waals surface area contributed by atoms with Crippen LogP contribution in [0.5, 0.6) is 17.2 Å². The highest BCUT2D eigenvalue weighted by Gasteiger charge is 2.17. The summed E-state index contributed by atoms with van der Waals surface area (Å²) >= 11 is 1.28. The van der Waals surface area contributed by atoms with Crippen LogP contribution in [-0.2, 0) is 4.79 Å². The monoisotopic (exact) mass is 517 g/mol. The molecule has 37 heavy (non-hydrogen) atoms. The molecule has 0 saturated heterocycles. The lowest BCUT2D eigenvalue weighted by Crippen LogP contribution is -2.20. The Bertz CT molecular complexity index is 1390. The first-order valence-corrected chi connectivity index (χ1v) is 12.3. The van der Waals surface area contributed by atoms with Crippen molar-refractivity contribution < 1.29 is 19.0 Å². The molecule has 0 atom stereocenters. The third-order valence-corrected chi connectivity index (χ3v) is 6.35. The van der Waals surface area contributed by atoms with E-state index in [1.807, 2.05) is 66.1 Å². The second kappa shape index (κ2) is 12.1. The Balaban J connectivity index is 1.49. The van der Waals surface area contributed by atoms with E-state index in [4.69, 9.17) is 14.2 Å². The van der Waals surface area contributed by atoms with Gasteiger partial charge in [0.15, 0.2) is 22.5 Å². The third kappa shape index (κ3) is 6.10. The summed E-state index contributed by atoms with van der Waals surface area (Å²) in [5.41, 5.74) is 6.17. The van der Waals surface area contributed by atoms with Crippen LogP contribution in [0, 0.1) is 6.92 Å². The van der Waals surface area contributed by atoms with Gasteiger partial charge in [0.1, 0.15) is 5.75 Å². The number of nitrogens with zero attached hydrogens (tertiary/aromatic N) is 4. The van der Waals surface area contributed by atoms with Crippen molar-refractivity contribution in [3.8, 4) is 34.3 Å². The van der Waals surface area contributed by atoms with Gasteiger partial charge in [0.25, 0.3) is 5.91 Å². The zero-order valence-electron chi connectivity index (χ0n) is 21.0. The van der Waals surface area contributed by atoms with Gasteiger partial charge in [0, 0.05) is 22.9 Å². The number of hydrogen-bond donors (Lipinski definition) is 1. The molecular weight excluding hydrogens is 490 g/mol. The zero-order valence-corrected chi connectivity index (χ0v) is 21.8. The van der Waals surface area contributed by atoms with Gasteiger partial charge in [0.2, 0.25) is 0 Å². The molecule has 4 aromatic rings. The molecule has 0 fully saturated rings. The molecule has 0 saturated carbocycles. The van der Waals surface area contributed by atoms with Crippen molar-refractivity contribution in [3.05, 3.63) is 77.9 Å². The van der Waals surface area contributed by atoms with E-state index < -0.39 is 0 Å². The van der Waals surface area contributed by atoms with E-state index in [0.717, 1.165) is 16.8 Å². The first-order valence-electron chi connectivity index (χ1n) is 11.4. The minimum Gasteiger partial charge on any atom is -0.496 e. The number of aromatic nitrogens is 3. The maximum atomic E-state index is 12.6. The molecule has 3 aromatic carbocycles. The van der Waals surface area contributed by atoms with Crippen LogP contribution in [0.15, 0.2) is 77.0 Å². The predicted molar refractivity (Wildman–Crippen MR) is 144 cm³/mol. The Kier molecular flexibility index (Phi) is 8.42. The molecule has 0 spiro atoms. The maximum Gasteiger partial charge on any atom is 0.250 e. The smallest absolute Gasteiger partial charge is 0.250 e. The first kappa shape index (κ1) is 25.8. The van der Waals surface area contributed by atoms with E-state index in [1.54, 1.807) is 33.5 Å². The number of carbonyl (C=O) groups is 1. The molecule has 1 heterocycles. The van der Waals surface area contributed by atoms with Crippen molar-refractivity contribution in [1.82, 2.24) is 20.2 Å². The second-order valence-electron chi connectivity index (χ2n) is 7.87. The molecule has 4 rings (SSSR count). The molecule has 1 N–H and O–H groups in total. The van der Waals surface area contributed by atoms with E-state index in [0.29, 0.717) is 33.8 Å². The number of rotatable bonds is 10. The normalized spacial score (nSPS) is 10.9. The van der Waals surface area contributed by atoms with Crippen molar-refractivity contribution in [2.45, 2.75) is 12.1 Å². The highest BCUT2D eigenvalue weighted by atomic mass is 32.2. The standard InChI is InChI=1S/C27H27N5O4S/c1-18-10-12-21(13-11-18)32-26(19-8-6-5-7-9-19)30-31-27(32)37-17-25(33)29-28-16-20-14-23(35-3)24(36-4)15-22(20)34-2/h5-16H,17H2,1-4H3,(H,29,33)/b28-16+.